The molecule has 0 fully saturated rings. The highest BCUT2D eigenvalue weighted by atomic mass is 79.9. The molecule has 0 radical (unpaired) electrons. The van der Waals surface area contributed by atoms with Crippen molar-refractivity contribution in [2.24, 2.45) is 4.99 Å². The molecule has 1 aliphatic rings. The number of phenolic OH excluding ortho intramolecular Hbond substituents is 1. The number of ether oxygens (including phenoxy) is 2. The van der Waals surface area contributed by atoms with E-state index in [0.717, 1.165) is 12.0 Å². The highest BCUT2D eigenvalue weighted by Gasteiger charge is 2.36. The number of hydrogen-bond donors (Lipinski definition) is 1. The zero-order valence-electron chi connectivity index (χ0n) is 19.9. The van der Waals surface area contributed by atoms with Crippen molar-refractivity contribution < 1.29 is 19.4 Å². The first-order valence-corrected chi connectivity index (χ1v) is 13.3. The van der Waals surface area contributed by atoms with Gasteiger partial charge in [0.05, 0.1) is 34.0 Å². The molecular formula is C26H24BrClN2O5S. The Morgan fingerprint density at radius 3 is 2.72 bits per heavy atom. The van der Waals surface area contributed by atoms with Gasteiger partial charge in [-0.05, 0) is 71.2 Å². The van der Waals surface area contributed by atoms with Gasteiger partial charge in [0.1, 0.15) is 17.5 Å². The van der Waals surface area contributed by atoms with Crippen molar-refractivity contribution in [2.45, 2.75) is 32.7 Å². The fraction of sp³-hybridized carbons (Fsp3) is 0.269. The largest absolute Gasteiger partial charge is 0.507 e. The molecule has 1 N–H and O–H groups in total. The normalized spacial score (nSPS) is 15.5. The molecule has 0 amide bonds. The number of fused-ring (bicyclic) bond motifs is 1. The van der Waals surface area contributed by atoms with E-state index in [0.29, 0.717) is 47.8 Å². The molecule has 4 rings (SSSR count). The van der Waals surface area contributed by atoms with Gasteiger partial charge in [-0.15, -0.1) is 0 Å². The van der Waals surface area contributed by atoms with E-state index in [-0.39, 0.29) is 17.9 Å². The minimum Gasteiger partial charge on any atom is -0.507 e. The summed E-state index contributed by atoms with van der Waals surface area (Å²) < 4.78 is 13.5. The fourth-order valence-corrected chi connectivity index (χ4v) is 5.70. The fourth-order valence-electron chi connectivity index (χ4n) is 4.10. The van der Waals surface area contributed by atoms with Gasteiger partial charge < -0.3 is 14.6 Å². The molecular weight excluding hydrogens is 568 g/mol. The molecule has 1 aliphatic heterocycles. The van der Waals surface area contributed by atoms with Gasteiger partial charge in [0.25, 0.3) is 5.56 Å². The lowest BCUT2D eigenvalue weighted by Gasteiger charge is -2.27. The summed E-state index contributed by atoms with van der Waals surface area (Å²) in [5, 5.41) is 10.3. The Morgan fingerprint density at radius 1 is 1.28 bits per heavy atom. The van der Waals surface area contributed by atoms with Crippen LogP contribution in [0.15, 0.2) is 61.9 Å². The van der Waals surface area contributed by atoms with Gasteiger partial charge in [-0.3, -0.25) is 9.36 Å². The molecule has 0 spiro atoms. The van der Waals surface area contributed by atoms with Crippen LogP contribution in [0, 0.1) is 0 Å². The number of phenols is 1. The van der Waals surface area contributed by atoms with Gasteiger partial charge >= 0.3 is 5.97 Å². The lowest BCUT2D eigenvalue weighted by molar-refractivity contribution is -0.139. The van der Waals surface area contributed by atoms with Crippen LogP contribution in [0.5, 0.6) is 11.5 Å². The van der Waals surface area contributed by atoms with Crippen LogP contribution in [0.1, 0.15) is 43.9 Å². The number of allylic oxidation sites excluding steroid dienone is 1. The average Bonchev–Trinajstić information content (AvgIpc) is 3.15. The second-order valence-electron chi connectivity index (χ2n) is 8.01. The molecule has 0 aliphatic carbocycles. The van der Waals surface area contributed by atoms with Crippen molar-refractivity contribution in [1.82, 2.24) is 4.57 Å². The number of methoxy groups -OCH3 is 1. The number of esters is 1. The number of hydrogen-bond acceptors (Lipinski definition) is 7. The van der Waals surface area contributed by atoms with E-state index in [4.69, 9.17) is 26.1 Å². The van der Waals surface area contributed by atoms with Crippen molar-refractivity contribution in [3.8, 4) is 11.5 Å². The van der Waals surface area contributed by atoms with Gasteiger partial charge in [-0.2, -0.15) is 0 Å². The first-order valence-electron chi connectivity index (χ1n) is 11.3. The molecule has 2 aromatic carbocycles. The number of aromatic hydroxyl groups is 1. The third-order valence-corrected chi connectivity index (χ3v) is 7.50. The van der Waals surface area contributed by atoms with Crippen molar-refractivity contribution in [2.75, 3.05) is 13.7 Å². The van der Waals surface area contributed by atoms with Gasteiger partial charge in [0.2, 0.25) is 0 Å². The highest BCUT2D eigenvalue weighted by Crippen LogP contribution is 2.38. The average molecular weight is 592 g/mol. The summed E-state index contributed by atoms with van der Waals surface area (Å²) in [7, 11) is 1.53. The van der Waals surface area contributed by atoms with E-state index < -0.39 is 12.0 Å². The van der Waals surface area contributed by atoms with E-state index >= 15 is 0 Å². The maximum absolute atomic E-state index is 13.8. The van der Waals surface area contributed by atoms with Gasteiger partial charge in [-0.25, -0.2) is 9.79 Å². The smallest absolute Gasteiger partial charge is 0.338 e. The van der Waals surface area contributed by atoms with E-state index in [1.165, 1.54) is 23.0 Å². The Balaban J connectivity index is 2.05. The number of thiazole rings is 1. The predicted octanol–water partition coefficient (Wildman–Crippen LogP) is 4.71. The summed E-state index contributed by atoms with van der Waals surface area (Å²) in [6.07, 6.45) is 3.01. The first-order chi connectivity index (χ1) is 17.3. The molecule has 7 nitrogen and oxygen atoms in total. The van der Waals surface area contributed by atoms with E-state index in [2.05, 4.69) is 15.9 Å². The summed E-state index contributed by atoms with van der Waals surface area (Å²) in [6, 6.07) is 9.25. The Hall–Kier alpha value is -2.88. The minimum atomic E-state index is -0.829. The van der Waals surface area contributed by atoms with Crippen LogP contribution >= 0.6 is 38.9 Å². The summed E-state index contributed by atoms with van der Waals surface area (Å²) >= 11 is 10.9. The third-order valence-electron chi connectivity index (χ3n) is 5.65. The summed E-state index contributed by atoms with van der Waals surface area (Å²) in [5.41, 5.74) is 1.85. The number of aromatic nitrogens is 1. The summed E-state index contributed by atoms with van der Waals surface area (Å²) in [5.74, 6) is 0.0550. The van der Waals surface area contributed by atoms with Crippen LogP contribution in [0.2, 0.25) is 5.02 Å². The van der Waals surface area contributed by atoms with Gasteiger partial charge in [-0.1, -0.05) is 42.3 Å². The number of carbonyl (C=O) groups is 1. The second-order valence-corrected chi connectivity index (χ2v) is 10.3. The third kappa shape index (κ3) is 5.00. The molecule has 0 bridgehead atoms. The van der Waals surface area contributed by atoms with Crippen LogP contribution < -0.4 is 19.6 Å². The lowest BCUT2D eigenvalue weighted by atomic mass is 9.93. The van der Waals surface area contributed by atoms with Crippen molar-refractivity contribution in [3.05, 3.63) is 88.0 Å². The summed E-state index contributed by atoms with van der Waals surface area (Å²) in [4.78, 5) is 32.3. The monoisotopic (exact) mass is 590 g/mol. The van der Waals surface area contributed by atoms with Crippen molar-refractivity contribution in [1.29, 1.82) is 0 Å². The molecule has 0 unspecified atom stereocenters. The molecule has 0 saturated carbocycles. The molecule has 10 heteroatoms. The van der Waals surface area contributed by atoms with E-state index in [1.807, 2.05) is 6.92 Å². The van der Waals surface area contributed by atoms with Crippen molar-refractivity contribution >= 4 is 50.9 Å². The standard InChI is InChI=1S/C26H24BrClN2O5S/c1-4-6-18-22(25(33)35-5-2)23(16-13-15(28)8-10-20(16)34-3)30-24(32)21(36-26(30)29-18)12-14-7-9-19(31)17(27)11-14/h7-13,23,31H,4-6H2,1-3H3/b21-12+/t23-/m1/s1. The maximum Gasteiger partial charge on any atom is 0.338 e. The van der Waals surface area contributed by atoms with Gasteiger partial charge in [0.15, 0.2) is 4.80 Å². The lowest BCUT2D eigenvalue weighted by Crippen LogP contribution is -2.40. The van der Waals surface area contributed by atoms with Crippen LogP contribution in [-0.4, -0.2) is 29.4 Å². The van der Waals surface area contributed by atoms with Crippen LogP contribution in [0.3, 0.4) is 0 Å². The second kappa shape index (κ2) is 11.0. The Bertz CT molecular complexity index is 1540. The Morgan fingerprint density at radius 2 is 2.06 bits per heavy atom. The number of halogens is 2. The quantitative estimate of drug-likeness (QED) is 0.402. The molecule has 188 valence electrons. The number of carbonyl (C=O) groups excluding carboxylic acids is 1. The molecule has 3 aromatic rings. The van der Waals surface area contributed by atoms with Gasteiger partial charge in [0, 0.05) is 10.6 Å². The number of nitrogens with zero attached hydrogens (tertiary/aromatic N) is 2. The highest BCUT2D eigenvalue weighted by molar-refractivity contribution is 9.10. The Labute approximate surface area is 225 Å². The SMILES string of the molecule is CCCC1=C(C(=O)OCC)[C@@H](c2cc(Cl)ccc2OC)n2c(s/c(=C/c3ccc(O)c(Br)c3)c2=O)=N1. The minimum absolute atomic E-state index is 0.102. The number of rotatable bonds is 7. The van der Waals surface area contributed by atoms with E-state index in [1.54, 1.807) is 49.4 Å². The van der Waals surface area contributed by atoms with Crippen LogP contribution in [-0.2, 0) is 9.53 Å². The molecule has 0 saturated heterocycles. The van der Waals surface area contributed by atoms with Crippen molar-refractivity contribution in [3.63, 3.8) is 0 Å². The molecule has 1 aromatic heterocycles. The van der Waals surface area contributed by atoms with Crippen LogP contribution in [0.4, 0.5) is 0 Å². The number of benzene rings is 2. The Kier molecular flexibility index (Phi) is 8.02. The van der Waals surface area contributed by atoms with E-state index in [9.17, 15) is 14.7 Å². The molecule has 1 atom stereocenters. The zero-order chi connectivity index (χ0) is 26.0. The molecule has 36 heavy (non-hydrogen) atoms. The molecule has 2 heterocycles. The summed E-state index contributed by atoms with van der Waals surface area (Å²) in [6.45, 7) is 3.91. The van der Waals surface area contributed by atoms with Crippen LogP contribution in [0.25, 0.3) is 6.08 Å². The zero-order valence-corrected chi connectivity index (χ0v) is 23.0. The topological polar surface area (TPSA) is 90.1 Å². The predicted molar refractivity (Wildman–Crippen MR) is 143 cm³/mol. The maximum atomic E-state index is 13.8. The first kappa shape index (κ1) is 26.2.